The third kappa shape index (κ3) is 2.03. The van der Waals surface area contributed by atoms with E-state index in [9.17, 15) is 14.9 Å². The molecule has 2 rings (SSSR count). The van der Waals surface area contributed by atoms with E-state index in [0.29, 0.717) is 11.1 Å². The van der Waals surface area contributed by atoms with E-state index >= 15 is 0 Å². The van der Waals surface area contributed by atoms with Gasteiger partial charge in [-0.05, 0) is 17.6 Å². The largest absolute Gasteiger partial charge is 0.475 e. The molecule has 2 aromatic rings. The Hall–Kier alpha value is -2.77. The van der Waals surface area contributed by atoms with Crippen LogP contribution in [-0.2, 0) is 0 Å². The zero-order chi connectivity index (χ0) is 13.3. The van der Waals surface area contributed by atoms with Gasteiger partial charge in [-0.25, -0.2) is 4.79 Å². The highest BCUT2D eigenvalue weighted by atomic mass is 16.6. The Bertz CT molecular complexity index is 634. The van der Waals surface area contributed by atoms with Gasteiger partial charge >= 0.3 is 5.97 Å². The summed E-state index contributed by atoms with van der Waals surface area (Å²) in [6.45, 7) is 1.70. The predicted octanol–water partition coefficient (Wildman–Crippen LogP) is 1.65. The highest BCUT2D eigenvalue weighted by Gasteiger charge is 2.18. The second kappa shape index (κ2) is 4.24. The molecular formula is C10H7N3O5. The number of carbonyl (C=O) groups is 1. The number of hydrogen-bond acceptors (Lipinski definition) is 6. The first-order chi connectivity index (χ1) is 8.49. The van der Waals surface area contributed by atoms with Crippen molar-refractivity contribution in [1.82, 2.24) is 10.1 Å². The number of aromatic carboxylic acids is 1. The zero-order valence-electron chi connectivity index (χ0n) is 9.15. The molecule has 0 amide bonds. The van der Waals surface area contributed by atoms with Crippen LogP contribution in [0.3, 0.4) is 0 Å². The summed E-state index contributed by atoms with van der Waals surface area (Å²) in [6, 6.07) is 4.12. The third-order valence-corrected chi connectivity index (χ3v) is 2.28. The number of benzene rings is 1. The van der Waals surface area contributed by atoms with E-state index in [1.54, 1.807) is 6.92 Å². The lowest BCUT2D eigenvalue weighted by molar-refractivity contribution is -0.384. The van der Waals surface area contributed by atoms with Crippen LogP contribution in [0.25, 0.3) is 11.5 Å². The SMILES string of the molecule is Cc1ccc([N+](=O)[O-])cc1-c1nc(C(=O)O)no1. The summed E-state index contributed by atoms with van der Waals surface area (Å²) >= 11 is 0. The van der Waals surface area contributed by atoms with Crippen LogP contribution in [0.4, 0.5) is 5.69 Å². The van der Waals surface area contributed by atoms with Crippen molar-refractivity contribution in [3.8, 4) is 11.5 Å². The van der Waals surface area contributed by atoms with Gasteiger partial charge in [0.05, 0.1) is 4.92 Å². The van der Waals surface area contributed by atoms with E-state index < -0.39 is 16.7 Å². The first-order valence-electron chi connectivity index (χ1n) is 4.81. The van der Waals surface area contributed by atoms with Gasteiger partial charge in [-0.3, -0.25) is 10.1 Å². The number of nitrogens with zero attached hydrogens (tertiary/aromatic N) is 3. The average molecular weight is 249 g/mol. The number of rotatable bonds is 3. The molecule has 18 heavy (non-hydrogen) atoms. The van der Waals surface area contributed by atoms with Crippen molar-refractivity contribution in [1.29, 1.82) is 0 Å². The summed E-state index contributed by atoms with van der Waals surface area (Å²) in [5.41, 5.74) is 0.871. The maximum Gasteiger partial charge on any atom is 0.377 e. The van der Waals surface area contributed by atoms with Gasteiger partial charge in [0.25, 0.3) is 17.4 Å². The number of aromatic nitrogens is 2. The molecule has 1 N–H and O–H groups in total. The van der Waals surface area contributed by atoms with Crippen LogP contribution >= 0.6 is 0 Å². The standard InChI is InChI=1S/C10H7N3O5/c1-5-2-3-6(13(16)17)4-7(5)9-11-8(10(14)15)12-18-9/h2-4H,1H3,(H,14,15). The van der Waals surface area contributed by atoms with Crippen molar-refractivity contribution in [3.63, 3.8) is 0 Å². The smallest absolute Gasteiger partial charge is 0.377 e. The average Bonchev–Trinajstić information content (AvgIpc) is 2.78. The number of nitro groups is 1. The van der Waals surface area contributed by atoms with Gasteiger partial charge in [0, 0.05) is 17.7 Å². The lowest BCUT2D eigenvalue weighted by Gasteiger charge is -1.99. The lowest BCUT2D eigenvalue weighted by Crippen LogP contribution is -1.98. The van der Waals surface area contributed by atoms with E-state index in [4.69, 9.17) is 9.63 Å². The molecule has 0 aliphatic carbocycles. The normalized spacial score (nSPS) is 10.3. The Kier molecular flexibility index (Phi) is 2.76. The minimum Gasteiger partial charge on any atom is -0.475 e. The topological polar surface area (TPSA) is 119 Å². The highest BCUT2D eigenvalue weighted by Crippen LogP contribution is 2.26. The zero-order valence-corrected chi connectivity index (χ0v) is 9.15. The third-order valence-electron chi connectivity index (χ3n) is 2.28. The fourth-order valence-corrected chi connectivity index (χ4v) is 1.37. The van der Waals surface area contributed by atoms with Gasteiger partial charge in [-0.1, -0.05) is 6.07 Å². The van der Waals surface area contributed by atoms with Gasteiger partial charge < -0.3 is 9.63 Å². The van der Waals surface area contributed by atoms with Gasteiger partial charge in [0.1, 0.15) is 0 Å². The van der Waals surface area contributed by atoms with E-state index in [0.717, 1.165) is 0 Å². The van der Waals surface area contributed by atoms with Crippen molar-refractivity contribution in [2.75, 3.05) is 0 Å². The van der Waals surface area contributed by atoms with Crippen LogP contribution in [0.1, 0.15) is 16.2 Å². The number of non-ortho nitro benzene ring substituents is 1. The van der Waals surface area contributed by atoms with Gasteiger partial charge in [-0.15, -0.1) is 0 Å². The first-order valence-corrected chi connectivity index (χ1v) is 4.81. The van der Waals surface area contributed by atoms with Crippen LogP contribution in [0.15, 0.2) is 22.7 Å². The van der Waals surface area contributed by atoms with Crippen molar-refractivity contribution < 1.29 is 19.3 Å². The van der Waals surface area contributed by atoms with Crippen LogP contribution in [0, 0.1) is 17.0 Å². The highest BCUT2D eigenvalue weighted by molar-refractivity contribution is 5.83. The molecule has 0 unspecified atom stereocenters. The number of hydrogen-bond donors (Lipinski definition) is 1. The van der Waals surface area contributed by atoms with Crippen molar-refractivity contribution >= 4 is 11.7 Å². The Morgan fingerprint density at radius 2 is 2.22 bits per heavy atom. The number of nitro benzene ring substituents is 1. The van der Waals surface area contributed by atoms with Gasteiger partial charge in [0.2, 0.25) is 0 Å². The molecule has 0 aliphatic rings. The maximum atomic E-state index is 10.7. The minimum atomic E-state index is -1.33. The fourth-order valence-electron chi connectivity index (χ4n) is 1.37. The number of carboxylic acid groups (broad SMARTS) is 1. The second-order valence-corrected chi connectivity index (χ2v) is 3.48. The van der Waals surface area contributed by atoms with Gasteiger partial charge in [-0.2, -0.15) is 4.98 Å². The molecule has 0 saturated heterocycles. The molecule has 0 bridgehead atoms. The number of carboxylic acids is 1. The molecule has 0 atom stereocenters. The number of aryl methyl sites for hydroxylation is 1. The summed E-state index contributed by atoms with van der Waals surface area (Å²) < 4.78 is 4.76. The fraction of sp³-hybridized carbons (Fsp3) is 0.100. The molecule has 1 aromatic carbocycles. The molecule has 0 fully saturated rings. The van der Waals surface area contributed by atoms with E-state index in [1.807, 2.05) is 0 Å². The molecule has 8 heteroatoms. The molecule has 92 valence electrons. The molecule has 0 aliphatic heterocycles. The molecule has 0 saturated carbocycles. The van der Waals surface area contributed by atoms with E-state index in [2.05, 4.69) is 10.1 Å². The van der Waals surface area contributed by atoms with Crippen LogP contribution in [0.2, 0.25) is 0 Å². The maximum absolute atomic E-state index is 10.7. The Balaban J connectivity index is 2.51. The van der Waals surface area contributed by atoms with Crippen LogP contribution < -0.4 is 0 Å². The van der Waals surface area contributed by atoms with Gasteiger partial charge in [0.15, 0.2) is 0 Å². The molecule has 8 nitrogen and oxygen atoms in total. The lowest BCUT2D eigenvalue weighted by atomic mass is 10.1. The van der Waals surface area contributed by atoms with Crippen LogP contribution in [0.5, 0.6) is 0 Å². The Morgan fingerprint density at radius 3 is 2.78 bits per heavy atom. The van der Waals surface area contributed by atoms with Crippen LogP contribution in [-0.4, -0.2) is 26.1 Å². The van der Waals surface area contributed by atoms with Crippen molar-refractivity contribution in [2.45, 2.75) is 6.92 Å². The molecule has 1 aromatic heterocycles. The Labute approximate surface area is 100 Å². The summed E-state index contributed by atoms with van der Waals surface area (Å²) in [6.07, 6.45) is 0. The summed E-state index contributed by atoms with van der Waals surface area (Å²) in [5.74, 6) is -1.88. The van der Waals surface area contributed by atoms with Crippen molar-refractivity contribution in [3.05, 3.63) is 39.7 Å². The molecule has 1 heterocycles. The predicted molar refractivity (Wildman–Crippen MR) is 58.1 cm³/mol. The second-order valence-electron chi connectivity index (χ2n) is 3.48. The summed E-state index contributed by atoms with van der Waals surface area (Å²) in [4.78, 5) is 24.3. The minimum absolute atomic E-state index is 0.0615. The Morgan fingerprint density at radius 1 is 1.50 bits per heavy atom. The monoisotopic (exact) mass is 249 g/mol. The van der Waals surface area contributed by atoms with E-state index in [-0.39, 0.29) is 11.6 Å². The summed E-state index contributed by atoms with van der Waals surface area (Å²) in [5, 5.41) is 22.6. The first kappa shape index (κ1) is 11.7. The van der Waals surface area contributed by atoms with E-state index in [1.165, 1.54) is 18.2 Å². The molecular weight excluding hydrogens is 242 g/mol. The van der Waals surface area contributed by atoms with Crippen molar-refractivity contribution in [2.24, 2.45) is 0 Å². The molecule has 0 spiro atoms. The molecule has 0 radical (unpaired) electrons. The summed E-state index contributed by atoms with van der Waals surface area (Å²) in [7, 11) is 0. The quantitative estimate of drug-likeness (QED) is 0.648.